The molecule has 0 fully saturated rings. The Labute approximate surface area is 252 Å². The van der Waals surface area contributed by atoms with Crippen LogP contribution in [0.5, 0.6) is 5.88 Å². The molecule has 2 heterocycles. The summed E-state index contributed by atoms with van der Waals surface area (Å²) in [5.41, 5.74) is 0.0645. The predicted octanol–water partition coefficient (Wildman–Crippen LogP) is 6.78. The minimum atomic E-state index is -4.78. The standard InChI is InChI=1S/C32H23F5N4O4/c1-44-9-8-41-28-12-21(31(42)43)6-7-26(28)39-29(41)13-19-4-5-20(11-25(19)34)27-14-23(32(35,36)37)15-30(40-27)45-17-22-3-2-18(16-38)10-24(22)33/h2-7,10-12,14-15H,8-9,13,17H2,1H3,(H,42,43). The summed E-state index contributed by atoms with van der Waals surface area (Å²) in [4.78, 5) is 20.1. The van der Waals surface area contributed by atoms with E-state index in [-0.39, 0.29) is 46.5 Å². The summed E-state index contributed by atoms with van der Waals surface area (Å²) in [7, 11) is 1.50. The van der Waals surface area contributed by atoms with Crippen molar-refractivity contribution in [3.8, 4) is 23.2 Å². The van der Waals surface area contributed by atoms with Crippen LogP contribution in [0.15, 0.2) is 66.7 Å². The van der Waals surface area contributed by atoms with Crippen molar-refractivity contribution in [1.29, 1.82) is 5.26 Å². The number of rotatable bonds is 10. The third-order valence-electron chi connectivity index (χ3n) is 6.98. The Bertz CT molecular complexity index is 1950. The monoisotopic (exact) mass is 622 g/mol. The van der Waals surface area contributed by atoms with Crippen molar-refractivity contribution in [2.45, 2.75) is 25.7 Å². The van der Waals surface area contributed by atoms with Crippen LogP contribution in [0.3, 0.4) is 0 Å². The lowest BCUT2D eigenvalue weighted by atomic mass is 10.0. The van der Waals surface area contributed by atoms with Gasteiger partial charge in [-0.05, 0) is 48.0 Å². The molecule has 13 heteroatoms. The fraction of sp³-hybridized carbons (Fsp3) is 0.188. The van der Waals surface area contributed by atoms with Gasteiger partial charge < -0.3 is 19.1 Å². The Morgan fingerprint density at radius 3 is 2.40 bits per heavy atom. The molecule has 0 aliphatic carbocycles. The maximum atomic E-state index is 15.5. The van der Waals surface area contributed by atoms with Gasteiger partial charge in [-0.2, -0.15) is 18.4 Å². The normalized spacial score (nSPS) is 11.5. The highest BCUT2D eigenvalue weighted by molar-refractivity contribution is 5.92. The van der Waals surface area contributed by atoms with E-state index in [4.69, 9.17) is 14.7 Å². The molecule has 230 valence electrons. The van der Waals surface area contributed by atoms with Gasteiger partial charge in [-0.15, -0.1) is 0 Å². The van der Waals surface area contributed by atoms with E-state index in [2.05, 4.69) is 9.97 Å². The highest BCUT2D eigenvalue weighted by Gasteiger charge is 2.32. The highest BCUT2D eigenvalue weighted by atomic mass is 19.4. The fourth-order valence-corrected chi connectivity index (χ4v) is 4.67. The number of hydrogen-bond acceptors (Lipinski definition) is 6. The minimum absolute atomic E-state index is 0.000800. The number of ether oxygens (including phenoxy) is 2. The number of imidazole rings is 1. The smallest absolute Gasteiger partial charge is 0.416 e. The number of benzene rings is 3. The van der Waals surface area contributed by atoms with Crippen molar-refractivity contribution in [2.75, 3.05) is 13.7 Å². The Morgan fingerprint density at radius 1 is 0.978 bits per heavy atom. The number of aromatic carboxylic acids is 1. The molecule has 2 aromatic heterocycles. The Morgan fingerprint density at radius 2 is 1.73 bits per heavy atom. The van der Waals surface area contributed by atoms with Crippen LogP contribution in [-0.4, -0.2) is 39.3 Å². The third kappa shape index (κ3) is 6.91. The molecule has 8 nitrogen and oxygen atoms in total. The van der Waals surface area contributed by atoms with Crippen LogP contribution in [0.1, 0.15) is 38.4 Å². The van der Waals surface area contributed by atoms with Gasteiger partial charge >= 0.3 is 12.1 Å². The second-order valence-electron chi connectivity index (χ2n) is 9.95. The van der Waals surface area contributed by atoms with Crippen LogP contribution in [0.4, 0.5) is 22.0 Å². The molecule has 0 saturated heterocycles. The van der Waals surface area contributed by atoms with Crippen LogP contribution in [0.2, 0.25) is 0 Å². The average molecular weight is 623 g/mol. The molecule has 0 aliphatic heterocycles. The number of fused-ring (bicyclic) bond motifs is 1. The van der Waals surface area contributed by atoms with E-state index in [1.165, 1.54) is 43.5 Å². The summed E-state index contributed by atoms with van der Waals surface area (Å²) >= 11 is 0. The molecule has 0 aliphatic rings. The van der Waals surface area contributed by atoms with E-state index in [9.17, 15) is 27.5 Å². The number of carboxylic acid groups (broad SMARTS) is 1. The van der Waals surface area contributed by atoms with Gasteiger partial charge in [0.25, 0.3) is 0 Å². The quantitative estimate of drug-likeness (QED) is 0.171. The van der Waals surface area contributed by atoms with Crippen LogP contribution >= 0.6 is 0 Å². The predicted molar refractivity (Wildman–Crippen MR) is 151 cm³/mol. The Hall–Kier alpha value is -5.35. The first-order chi connectivity index (χ1) is 21.5. The number of alkyl halides is 3. The first-order valence-electron chi connectivity index (χ1n) is 13.4. The van der Waals surface area contributed by atoms with Crippen molar-refractivity contribution < 1.29 is 41.3 Å². The van der Waals surface area contributed by atoms with Crippen molar-refractivity contribution in [3.05, 3.63) is 112 Å². The van der Waals surface area contributed by atoms with E-state index in [0.29, 0.717) is 29.5 Å². The maximum Gasteiger partial charge on any atom is 0.416 e. The molecular weight excluding hydrogens is 599 g/mol. The van der Waals surface area contributed by atoms with Gasteiger partial charge in [0.05, 0.1) is 46.1 Å². The van der Waals surface area contributed by atoms with Crippen molar-refractivity contribution >= 4 is 17.0 Å². The van der Waals surface area contributed by atoms with Crippen LogP contribution in [0, 0.1) is 23.0 Å². The molecule has 0 unspecified atom stereocenters. The maximum absolute atomic E-state index is 15.5. The number of carboxylic acids is 1. The summed E-state index contributed by atoms with van der Waals surface area (Å²) in [6.07, 6.45) is -4.79. The summed E-state index contributed by atoms with van der Waals surface area (Å²) in [5, 5.41) is 18.3. The molecule has 0 bridgehead atoms. The molecule has 0 amide bonds. The SMILES string of the molecule is COCCn1c(Cc2ccc(-c3cc(C(F)(F)F)cc(OCc4ccc(C#N)cc4F)n3)cc2F)nc2ccc(C(=O)O)cc21. The number of carbonyl (C=O) groups is 1. The van der Waals surface area contributed by atoms with Gasteiger partial charge in [0.15, 0.2) is 0 Å². The van der Waals surface area contributed by atoms with E-state index in [1.54, 1.807) is 16.7 Å². The van der Waals surface area contributed by atoms with Gasteiger partial charge in [-0.1, -0.05) is 18.2 Å². The van der Waals surface area contributed by atoms with E-state index >= 15 is 4.39 Å². The zero-order chi connectivity index (χ0) is 32.3. The first-order valence-corrected chi connectivity index (χ1v) is 13.4. The van der Waals surface area contributed by atoms with E-state index < -0.39 is 41.8 Å². The number of pyridine rings is 1. The number of halogens is 5. The fourth-order valence-electron chi connectivity index (χ4n) is 4.67. The molecule has 0 saturated carbocycles. The van der Waals surface area contributed by atoms with Crippen molar-refractivity contribution in [2.24, 2.45) is 0 Å². The van der Waals surface area contributed by atoms with Crippen LogP contribution in [-0.2, 0) is 30.5 Å². The zero-order valence-corrected chi connectivity index (χ0v) is 23.5. The number of hydrogen-bond donors (Lipinski definition) is 1. The van der Waals surface area contributed by atoms with Crippen LogP contribution < -0.4 is 4.74 Å². The molecule has 0 spiro atoms. The molecular formula is C32H23F5N4O4. The molecule has 45 heavy (non-hydrogen) atoms. The first kappa shape index (κ1) is 31.1. The van der Waals surface area contributed by atoms with Gasteiger partial charge in [0, 0.05) is 37.3 Å². The lowest BCUT2D eigenvalue weighted by molar-refractivity contribution is -0.137. The van der Waals surface area contributed by atoms with Gasteiger partial charge in [-0.25, -0.2) is 23.5 Å². The largest absolute Gasteiger partial charge is 0.478 e. The van der Waals surface area contributed by atoms with Crippen molar-refractivity contribution in [3.63, 3.8) is 0 Å². The lowest BCUT2D eigenvalue weighted by Crippen LogP contribution is -2.10. The van der Waals surface area contributed by atoms with Crippen molar-refractivity contribution in [1.82, 2.24) is 14.5 Å². The molecule has 0 radical (unpaired) electrons. The lowest BCUT2D eigenvalue weighted by Gasteiger charge is -2.14. The van der Waals surface area contributed by atoms with Gasteiger partial charge in [0.2, 0.25) is 5.88 Å². The average Bonchev–Trinajstić information content (AvgIpc) is 3.35. The van der Waals surface area contributed by atoms with Gasteiger partial charge in [-0.3, -0.25) is 0 Å². The topological polar surface area (TPSA) is 110 Å². The number of nitrogens with zero attached hydrogens (tertiary/aromatic N) is 4. The second-order valence-corrected chi connectivity index (χ2v) is 9.95. The molecule has 5 rings (SSSR count). The second kappa shape index (κ2) is 12.7. The Kier molecular flexibility index (Phi) is 8.78. The van der Waals surface area contributed by atoms with E-state index in [1.807, 2.05) is 0 Å². The molecule has 1 N–H and O–H groups in total. The zero-order valence-electron chi connectivity index (χ0n) is 23.5. The third-order valence-corrected chi connectivity index (χ3v) is 6.98. The highest BCUT2D eigenvalue weighted by Crippen LogP contribution is 2.35. The summed E-state index contributed by atoms with van der Waals surface area (Å²) < 4.78 is 83.3. The number of methoxy groups -OCH3 is 1. The number of nitriles is 1. The molecule has 3 aromatic carbocycles. The molecule has 0 atom stereocenters. The number of aromatic nitrogens is 3. The Balaban J connectivity index is 1.45. The minimum Gasteiger partial charge on any atom is -0.478 e. The van der Waals surface area contributed by atoms with Crippen LogP contribution in [0.25, 0.3) is 22.3 Å². The summed E-state index contributed by atoms with van der Waals surface area (Å²) in [5.74, 6) is -2.64. The van der Waals surface area contributed by atoms with Gasteiger partial charge in [0.1, 0.15) is 24.1 Å². The van der Waals surface area contributed by atoms with E-state index in [0.717, 1.165) is 18.2 Å². The molecule has 5 aromatic rings. The summed E-state index contributed by atoms with van der Waals surface area (Å²) in [6.45, 7) is 0.131. The summed E-state index contributed by atoms with van der Waals surface area (Å²) in [6, 6.07) is 15.1.